The second kappa shape index (κ2) is 11.4. The van der Waals surface area contributed by atoms with Crippen LogP contribution in [-0.2, 0) is 19.3 Å². The highest BCUT2D eigenvalue weighted by molar-refractivity contribution is 7.12. The minimum Gasteiger partial charge on any atom is -0.508 e. The summed E-state index contributed by atoms with van der Waals surface area (Å²) in [6.07, 6.45) is 8.75. The number of phenols is 1. The van der Waals surface area contributed by atoms with Crippen molar-refractivity contribution in [1.82, 2.24) is 4.90 Å². The van der Waals surface area contributed by atoms with Gasteiger partial charge in [-0.15, -0.1) is 11.3 Å². The number of rotatable bonds is 9. The average Bonchev–Trinajstić information content (AvgIpc) is 3.22. The van der Waals surface area contributed by atoms with Crippen LogP contribution in [0.25, 0.3) is 6.08 Å². The van der Waals surface area contributed by atoms with Crippen LogP contribution in [-0.4, -0.2) is 53.2 Å². The minimum absolute atomic E-state index is 0.0712. The van der Waals surface area contributed by atoms with Crippen molar-refractivity contribution in [3.8, 4) is 11.5 Å². The Morgan fingerprint density at radius 1 is 1.03 bits per heavy atom. The largest absolute Gasteiger partial charge is 0.508 e. The highest BCUT2D eigenvalue weighted by atomic mass is 32.1. The van der Waals surface area contributed by atoms with Crippen molar-refractivity contribution < 1.29 is 19.7 Å². The fraction of sp³-hybridized carbons (Fsp3) is 0.367. The number of phenolic OH excluding ortho intramolecular Hbond substituents is 1. The van der Waals surface area contributed by atoms with Crippen LogP contribution in [0.1, 0.15) is 56.1 Å². The number of hydrogen-bond acceptors (Lipinski definition) is 6. The molecule has 0 spiro atoms. The molecule has 0 amide bonds. The number of fused-ring (bicyclic) bond motifs is 1. The van der Waals surface area contributed by atoms with E-state index in [1.807, 2.05) is 48.6 Å². The van der Waals surface area contributed by atoms with E-state index in [1.54, 1.807) is 23.5 Å². The van der Waals surface area contributed by atoms with Gasteiger partial charge in [0.25, 0.3) is 0 Å². The lowest BCUT2D eigenvalue weighted by Gasteiger charge is -2.26. The van der Waals surface area contributed by atoms with Crippen molar-refractivity contribution >= 4 is 23.2 Å². The number of hydrogen-bond donors (Lipinski definition) is 2. The zero-order valence-corrected chi connectivity index (χ0v) is 21.3. The number of benzene rings is 2. The van der Waals surface area contributed by atoms with Crippen LogP contribution < -0.4 is 4.74 Å². The van der Waals surface area contributed by atoms with Gasteiger partial charge < -0.3 is 14.9 Å². The lowest BCUT2D eigenvalue weighted by atomic mass is 9.93. The first kappa shape index (κ1) is 24.8. The van der Waals surface area contributed by atoms with Gasteiger partial charge in [0, 0.05) is 41.1 Å². The molecule has 188 valence electrons. The lowest BCUT2D eigenvalue weighted by molar-refractivity contribution is 0.0992. The molecular weight excluding hydrogens is 470 g/mol. The minimum atomic E-state index is -0.483. The van der Waals surface area contributed by atoms with E-state index in [2.05, 4.69) is 4.90 Å². The van der Waals surface area contributed by atoms with Crippen LogP contribution in [0.15, 0.2) is 54.6 Å². The molecule has 0 saturated carbocycles. The van der Waals surface area contributed by atoms with Gasteiger partial charge in [0.1, 0.15) is 18.1 Å². The number of likely N-dealkylation sites (tertiary alicyclic amines) is 1. The van der Waals surface area contributed by atoms with Gasteiger partial charge in [-0.1, -0.05) is 30.7 Å². The maximum Gasteiger partial charge on any atom is 0.167 e. The number of ether oxygens (including phenoxy) is 1. The fourth-order valence-electron chi connectivity index (χ4n) is 5.01. The molecule has 5 nitrogen and oxygen atoms in total. The molecule has 1 saturated heterocycles. The van der Waals surface area contributed by atoms with E-state index in [0.717, 1.165) is 51.8 Å². The van der Waals surface area contributed by atoms with Gasteiger partial charge in [0.2, 0.25) is 0 Å². The van der Waals surface area contributed by atoms with Crippen LogP contribution in [0, 0.1) is 0 Å². The zero-order valence-electron chi connectivity index (χ0n) is 20.5. The number of Topliss-reactive ketones (excluding diaryl/α,β-unsaturated/α-hetero) is 1. The molecule has 1 fully saturated rings. The first-order valence-electron chi connectivity index (χ1n) is 12.8. The van der Waals surface area contributed by atoms with E-state index in [0.29, 0.717) is 31.4 Å². The SMILES string of the molecule is O=C(Cc1c(Cc2ccc(O)cc2)sc2c1C=CC(O)C2)c1ccc(OCCN2CCCCC2)cc1. The summed E-state index contributed by atoms with van der Waals surface area (Å²) < 4.78 is 5.93. The van der Waals surface area contributed by atoms with E-state index < -0.39 is 6.10 Å². The lowest BCUT2D eigenvalue weighted by Crippen LogP contribution is -2.33. The molecule has 0 bridgehead atoms. The second-order valence-electron chi connectivity index (χ2n) is 9.69. The number of thiophene rings is 1. The normalized spacial score (nSPS) is 17.6. The molecular formula is C30H33NO4S. The summed E-state index contributed by atoms with van der Waals surface area (Å²) in [5, 5.41) is 19.7. The van der Waals surface area contributed by atoms with E-state index >= 15 is 0 Å². The summed E-state index contributed by atoms with van der Waals surface area (Å²) in [5.74, 6) is 1.10. The molecule has 2 aromatic carbocycles. The van der Waals surface area contributed by atoms with E-state index in [9.17, 15) is 15.0 Å². The Kier molecular flexibility index (Phi) is 7.85. The molecule has 2 heterocycles. The van der Waals surface area contributed by atoms with Crippen LogP contribution in [0.5, 0.6) is 11.5 Å². The highest BCUT2D eigenvalue weighted by Gasteiger charge is 2.23. The van der Waals surface area contributed by atoms with Gasteiger partial charge in [-0.2, -0.15) is 0 Å². The summed E-state index contributed by atoms with van der Waals surface area (Å²) in [6.45, 7) is 3.92. The summed E-state index contributed by atoms with van der Waals surface area (Å²) in [4.78, 5) is 18.0. The molecule has 1 aliphatic heterocycles. The number of carbonyl (C=O) groups is 1. The molecule has 1 aliphatic carbocycles. The molecule has 2 N–H and O–H groups in total. The molecule has 1 atom stereocenters. The fourth-order valence-corrected chi connectivity index (χ4v) is 6.40. The Morgan fingerprint density at radius 2 is 1.78 bits per heavy atom. The number of aliphatic hydroxyl groups excluding tert-OH is 1. The van der Waals surface area contributed by atoms with Gasteiger partial charge in [-0.3, -0.25) is 9.69 Å². The number of ketones is 1. The summed E-state index contributed by atoms with van der Waals surface area (Å²) >= 11 is 1.68. The number of nitrogens with zero attached hydrogens (tertiary/aromatic N) is 1. The number of aliphatic hydroxyl groups is 1. The molecule has 3 aromatic rings. The van der Waals surface area contributed by atoms with Gasteiger partial charge in [-0.25, -0.2) is 0 Å². The summed E-state index contributed by atoms with van der Waals surface area (Å²) in [7, 11) is 0. The molecule has 6 heteroatoms. The van der Waals surface area contributed by atoms with Crippen molar-refractivity contribution in [3.63, 3.8) is 0 Å². The predicted octanol–water partition coefficient (Wildman–Crippen LogP) is 5.26. The zero-order chi connectivity index (χ0) is 24.9. The third kappa shape index (κ3) is 6.06. The Balaban J connectivity index is 1.27. The summed E-state index contributed by atoms with van der Waals surface area (Å²) in [5.41, 5.74) is 3.87. The molecule has 0 radical (unpaired) electrons. The Morgan fingerprint density at radius 3 is 2.53 bits per heavy atom. The quantitative estimate of drug-likeness (QED) is 0.390. The van der Waals surface area contributed by atoms with E-state index in [1.165, 1.54) is 19.3 Å². The molecule has 2 aliphatic rings. The first-order chi connectivity index (χ1) is 17.5. The monoisotopic (exact) mass is 503 g/mol. The van der Waals surface area contributed by atoms with Gasteiger partial charge in [0.15, 0.2) is 5.78 Å². The molecule has 1 unspecified atom stereocenters. The van der Waals surface area contributed by atoms with Crippen molar-refractivity contribution in [1.29, 1.82) is 0 Å². The smallest absolute Gasteiger partial charge is 0.167 e. The van der Waals surface area contributed by atoms with Crippen LogP contribution >= 0.6 is 11.3 Å². The molecule has 5 rings (SSSR count). The topological polar surface area (TPSA) is 70.0 Å². The predicted molar refractivity (Wildman–Crippen MR) is 144 cm³/mol. The molecule has 36 heavy (non-hydrogen) atoms. The van der Waals surface area contributed by atoms with Gasteiger partial charge in [0.05, 0.1) is 6.10 Å². The number of carbonyl (C=O) groups excluding carboxylic acids is 1. The van der Waals surface area contributed by atoms with Crippen molar-refractivity contribution in [2.75, 3.05) is 26.2 Å². The van der Waals surface area contributed by atoms with E-state index in [-0.39, 0.29) is 11.5 Å². The van der Waals surface area contributed by atoms with Crippen LogP contribution in [0.3, 0.4) is 0 Å². The van der Waals surface area contributed by atoms with Crippen molar-refractivity contribution in [3.05, 3.63) is 86.6 Å². The first-order valence-corrected chi connectivity index (χ1v) is 13.6. The van der Waals surface area contributed by atoms with Gasteiger partial charge >= 0.3 is 0 Å². The van der Waals surface area contributed by atoms with Crippen LogP contribution in [0.4, 0.5) is 0 Å². The van der Waals surface area contributed by atoms with Crippen LogP contribution in [0.2, 0.25) is 0 Å². The van der Waals surface area contributed by atoms with Crippen molar-refractivity contribution in [2.45, 2.75) is 44.6 Å². The number of aromatic hydroxyl groups is 1. The Bertz CT molecular complexity index is 1210. The third-order valence-electron chi connectivity index (χ3n) is 7.03. The average molecular weight is 504 g/mol. The maximum absolute atomic E-state index is 13.3. The molecule has 1 aromatic heterocycles. The Labute approximate surface area is 216 Å². The Hall–Kier alpha value is -2.93. The maximum atomic E-state index is 13.3. The van der Waals surface area contributed by atoms with Crippen molar-refractivity contribution in [2.24, 2.45) is 0 Å². The second-order valence-corrected chi connectivity index (χ2v) is 10.9. The third-order valence-corrected chi connectivity index (χ3v) is 8.30. The highest BCUT2D eigenvalue weighted by Crippen LogP contribution is 2.36. The summed E-state index contributed by atoms with van der Waals surface area (Å²) in [6, 6.07) is 14.7. The number of piperidine rings is 1. The standard InChI is InChI=1S/C30H33NO4S/c32-23-8-4-21(5-9-23)18-29-27(26-13-10-24(33)19-30(26)36-29)20-28(34)22-6-11-25(12-7-22)35-17-16-31-14-2-1-3-15-31/h4-13,24,32-33H,1-3,14-20H2. The van der Waals surface area contributed by atoms with E-state index in [4.69, 9.17) is 4.74 Å². The van der Waals surface area contributed by atoms with Gasteiger partial charge in [-0.05, 0) is 79.0 Å².